The molecule has 0 aromatic heterocycles. The molecule has 1 heterocycles. The van der Waals surface area contributed by atoms with Crippen LogP contribution in [-0.2, 0) is 23.2 Å². The van der Waals surface area contributed by atoms with Crippen molar-refractivity contribution in [2.75, 3.05) is 19.9 Å². The molecule has 4 atom stereocenters. The Morgan fingerprint density at radius 1 is 1.31 bits per heavy atom. The summed E-state index contributed by atoms with van der Waals surface area (Å²) in [7, 11) is 3.47. The van der Waals surface area contributed by atoms with Gasteiger partial charge in [0.2, 0.25) is 5.91 Å². The first-order chi connectivity index (χ1) is 15.4. The monoisotopic (exact) mass is 453 g/mol. The molecule has 1 amide bonds. The molecule has 4 rings (SSSR count). The molecule has 0 saturated heterocycles. The quantitative estimate of drug-likeness (QED) is 0.495. The molecular weight excluding hydrogens is 422 g/mol. The van der Waals surface area contributed by atoms with Gasteiger partial charge < -0.3 is 19.5 Å². The van der Waals surface area contributed by atoms with E-state index >= 15 is 0 Å². The molecule has 1 aliphatic carbocycles. The van der Waals surface area contributed by atoms with Crippen LogP contribution in [0.1, 0.15) is 30.0 Å². The normalized spacial score (nSPS) is 24.3. The number of hydrogen-bond acceptors (Lipinski definition) is 5. The van der Waals surface area contributed by atoms with Gasteiger partial charge in [-0.05, 0) is 30.5 Å². The Kier molecular flexibility index (Phi) is 6.54. The maximum atomic E-state index is 13.3. The van der Waals surface area contributed by atoms with Crippen LogP contribution in [0.4, 0.5) is 0 Å². The van der Waals surface area contributed by atoms with Crippen LogP contribution in [0.3, 0.4) is 0 Å². The third kappa shape index (κ3) is 4.14. The van der Waals surface area contributed by atoms with Crippen molar-refractivity contribution >= 4 is 18.5 Å². The van der Waals surface area contributed by atoms with Crippen LogP contribution in [0.15, 0.2) is 54.6 Å². The number of thiol groups is 1. The lowest BCUT2D eigenvalue weighted by Gasteiger charge is -2.33. The summed E-state index contributed by atoms with van der Waals surface area (Å²) in [5.74, 6) is 1.76. The highest BCUT2D eigenvalue weighted by Gasteiger charge is 2.48. The first-order valence-electron chi connectivity index (χ1n) is 11.0. The van der Waals surface area contributed by atoms with Gasteiger partial charge >= 0.3 is 0 Å². The average Bonchev–Trinajstić information content (AvgIpc) is 3.10. The van der Waals surface area contributed by atoms with Crippen molar-refractivity contribution in [3.05, 3.63) is 71.3 Å². The second kappa shape index (κ2) is 9.20. The molecule has 0 saturated carbocycles. The van der Waals surface area contributed by atoms with Crippen molar-refractivity contribution in [1.29, 1.82) is 0 Å². The van der Waals surface area contributed by atoms with Crippen LogP contribution in [0.25, 0.3) is 0 Å². The van der Waals surface area contributed by atoms with Gasteiger partial charge in [-0.25, -0.2) is 0 Å². The lowest BCUT2D eigenvalue weighted by molar-refractivity contribution is -0.134. The highest BCUT2D eigenvalue weighted by molar-refractivity contribution is 7.80. The van der Waals surface area contributed by atoms with Crippen molar-refractivity contribution in [1.82, 2.24) is 4.90 Å². The summed E-state index contributed by atoms with van der Waals surface area (Å²) < 4.78 is 11.8. The van der Waals surface area contributed by atoms with E-state index in [1.165, 1.54) is 0 Å². The smallest absolute Gasteiger partial charge is 0.226 e. The van der Waals surface area contributed by atoms with Crippen molar-refractivity contribution in [2.24, 2.45) is 5.92 Å². The Morgan fingerprint density at radius 3 is 2.75 bits per heavy atom. The molecule has 0 spiro atoms. The van der Waals surface area contributed by atoms with E-state index in [2.05, 4.69) is 19.6 Å². The minimum absolute atomic E-state index is 0.0728. The van der Waals surface area contributed by atoms with E-state index in [0.717, 1.165) is 16.7 Å². The Morgan fingerprint density at radius 2 is 2.06 bits per heavy atom. The number of fused-ring (bicyclic) bond motifs is 3. The van der Waals surface area contributed by atoms with Gasteiger partial charge in [0.05, 0.1) is 24.5 Å². The van der Waals surface area contributed by atoms with Crippen molar-refractivity contribution in [2.45, 2.75) is 43.9 Å². The molecule has 0 fully saturated rings. The SMILES string of the molecule is COc1ccc(CN(C)C(=O)C(CS)Cc2ccccc2)c2c1OC1C[C@@H](O)C=CC21C. The average molecular weight is 454 g/mol. The maximum absolute atomic E-state index is 13.3. The highest BCUT2D eigenvalue weighted by atomic mass is 32.1. The highest BCUT2D eigenvalue weighted by Crippen LogP contribution is 2.53. The van der Waals surface area contributed by atoms with E-state index in [1.807, 2.05) is 61.7 Å². The third-order valence-electron chi connectivity index (χ3n) is 6.69. The van der Waals surface area contributed by atoms with E-state index in [0.29, 0.717) is 36.6 Å². The number of hydrogen-bond donors (Lipinski definition) is 2. The number of nitrogens with zero attached hydrogens (tertiary/aromatic N) is 1. The predicted octanol–water partition coefficient (Wildman–Crippen LogP) is 3.78. The molecule has 170 valence electrons. The lowest BCUT2D eigenvalue weighted by atomic mass is 9.72. The zero-order valence-electron chi connectivity index (χ0n) is 18.8. The van der Waals surface area contributed by atoms with Crippen molar-refractivity contribution in [3.63, 3.8) is 0 Å². The van der Waals surface area contributed by atoms with E-state index in [4.69, 9.17) is 9.47 Å². The Balaban J connectivity index is 1.60. The molecule has 0 radical (unpaired) electrons. The number of aliphatic hydroxyl groups is 1. The molecule has 1 N–H and O–H groups in total. The summed E-state index contributed by atoms with van der Waals surface area (Å²) in [5.41, 5.74) is 2.82. The summed E-state index contributed by atoms with van der Waals surface area (Å²) in [6, 6.07) is 14.0. The summed E-state index contributed by atoms with van der Waals surface area (Å²) in [4.78, 5) is 15.1. The van der Waals surface area contributed by atoms with Crippen molar-refractivity contribution in [3.8, 4) is 11.5 Å². The number of rotatable bonds is 7. The van der Waals surface area contributed by atoms with Crippen LogP contribution in [0.2, 0.25) is 0 Å². The van der Waals surface area contributed by atoms with Gasteiger partial charge in [0, 0.05) is 31.3 Å². The Bertz CT molecular complexity index is 1010. The largest absolute Gasteiger partial charge is 0.493 e. The molecule has 3 unspecified atom stereocenters. The maximum Gasteiger partial charge on any atom is 0.226 e. The van der Waals surface area contributed by atoms with Gasteiger partial charge in [-0.2, -0.15) is 12.6 Å². The predicted molar refractivity (Wildman–Crippen MR) is 128 cm³/mol. The van der Waals surface area contributed by atoms with Gasteiger partial charge in [0.15, 0.2) is 11.5 Å². The second-order valence-corrected chi connectivity index (χ2v) is 9.31. The number of methoxy groups -OCH3 is 1. The fraction of sp³-hybridized carbons (Fsp3) is 0.423. The molecule has 2 aromatic carbocycles. The first-order valence-corrected chi connectivity index (χ1v) is 11.6. The van der Waals surface area contributed by atoms with Gasteiger partial charge in [0.25, 0.3) is 0 Å². The molecule has 32 heavy (non-hydrogen) atoms. The number of ether oxygens (including phenoxy) is 2. The van der Waals surface area contributed by atoms with Crippen LogP contribution in [-0.4, -0.2) is 48.0 Å². The van der Waals surface area contributed by atoms with Gasteiger partial charge in [-0.3, -0.25) is 4.79 Å². The minimum Gasteiger partial charge on any atom is -0.493 e. The van der Waals surface area contributed by atoms with Gasteiger partial charge in [-0.15, -0.1) is 0 Å². The fourth-order valence-corrected chi connectivity index (χ4v) is 5.18. The molecule has 1 aliphatic heterocycles. The molecule has 2 aliphatic rings. The van der Waals surface area contributed by atoms with Crippen LogP contribution in [0, 0.1) is 5.92 Å². The van der Waals surface area contributed by atoms with Crippen LogP contribution >= 0.6 is 12.6 Å². The number of carbonyl (C=O) groups is 1. The molecule has 6 heteroatoms. The Hall–Kier alpha value is -2.44. The van der Waals surface area contributed by atoms with E-state index in [-0.39, 0.29) is 23.3 Å². The summed E-state index contributed by atoms with van der Waals surface area (Å²) >= 11 is 4.46. The fourth-order valence-electron chi connectivity index (χ4n) is 4.90. The van der Waals surface area contributed by atoms with Crippen molar-refractivity contribution < 1.29 is 19.4 Å². The van der Waals surface area contributed by atoms with E-state index in [9.17, 15) is 9.90 Å². The lowest BCUT2D eigenvalue weighted by Crippen LogP contribution is -2.40. The number of benzene rings is 2. The zero-order chi connectivity index (χ0) is 22.9. The number of carbonyl (C=O) groups excluding carboxylic acids is 1. The first kappa shape index (κ1) is 22.7. The minimum atomic E-state index is -0.518. The standard InChI is InChI=1S/C26H31NO4S/c1-26-12-11-20(28)14-22(26)31-24-21(30-3)10-9-18(23(24)26)15-27(2)25(29)19(16-32)13-17-7-5-4-6-8-17/h4-12,19-20,22,28,32H,13-16H2,1-3H3/t19?,20-,22?,26?/m0/s1. The zero-order valence-corrected chi connectivity index (χ0v) is 19.7. The number of aliphatic hydroxyl groups excluding tert-OH is 1. The third-order valence-corrected chi connectivity index (χ3v) is 7.13. The van der Waals surface area contributed by atoms with Gasteiger partial charge in [0.1, 0.15) is 6.10 Å². The molecule has 5 nitrogen and oxygen atoms in total. The summed E-state index contributed by atoms with van der Waals surface area (Å²) in [6.07, 6.45) is 4.38. The topological polar surface area (TPSA) is 59.0 Å². The summed E-state index contributed by atoms with van der Waals surface area (Å²) in [5, 5.41) is 10.1. The summed E-state index contributed by atoms with van der Waals surface area (Å²) in [6.45, 7) is 2.59. The Labute approximate surface area is 195 Å². The van der Waals surface area contributed by atoms with Crippen LogP contribution < -0.4 is 9.47 Å². The molecule has 2 aromatic rings. The van der Waals surface area contributed by atoms with E-state index < -0.39 is 6.10 Å². The van der Waals surface area contributed by atoms with Gasteiger partial charge in [-0.1, -0.05) is 48.6 Å². The molecular formula is C26H31NO4S. The molecule has 0 bridgehead atoms. The van der Waals surface area contributed by atoms with Crippen LogP contribution in [0.5, 0.6) is 11.5 Å². The second-order valence-electron chi connectivity index (χ2n) is 8.95. The number of amides is 1. The van der Waals surface area contributed by atoms with E-state index in [1.54, 1.807) is 12.0 Å².